The van der Waals surface area contributed by atoms with Gasteiger partial charge in [0, 0.05) is 12.1 Å². The van der Waals surface area contributed by atoms with Crippen LogP contribution < -0.4 is 0 Å². The van der Waals surface area contributed by atoms with Crippen LogP contribution in [-0.4, -0.2) is 20.9 Å². The molecule has 1 aliphatic rings. The largest absolute Gasteiger partial charge is 0.437 e. The van der Waals surface area contributed by atoms with Gasteiger partial charge in [-0.2, -0.15) is 26.3 Å². The van der Waals surface area contributed by atoms with Crippen LogP contribution in [0.4, 0.5) is 26.3 Å². The van der Waals surface area contributed by atoms with E-state index in [1.165, 1.54) is 4.57 Å². The van der Waals surface area contributed by atoms with Crippen LogP contribution in [0.3, 0.4) is 0 Å². The summed E-state index contributed by atoms with van der Waals surface area (Å²) in [5.74, 6) is -2.25. The highest BCUT2D eigenvalue weighted by molar-refractivity contribution is 5.60. The van der Waals surface area contributed by atoms with Crippen molar-refractivity contribution >= 4 is 0 Å². The van der Waals surface area contributed by atoms with Gasteiger partial charge < -0.3 is 9.09 Å². The van der Waals surface area contributed by atoms with Crippen molar-refractivity contribution in [1.29, 1.82) is 0 Å². The summed E-state index contributed by atoms with van der Waals surface area (Å²) in [6.07, 6.45) is -8.18. The van der Waals surface area contributed by atoms with Crippen molar-refractivity contribution < 1.29 is 30.9 Å². The Hall–Kier alpha value is -2.00. The maximum Gasteiger partial charge on any atom is 0.437 e. The van der Waals surface area contributed by atoms with Crippen molar-refractivity contribution in [2.45, 2.75) is 38.2 Å². The molecule has 120 valence electrons. The van der Waals surface area contributed by atoms with Crippen molar-refractivity contribution in [3.05, 3.63) is 23.3 Å². The Kier molecular flexibility index (Phi) is 3.05. The Balaban J connectivity index is 2.08. The van der Waals surface area contributed by atoms with Crippen LogP contribution in [-0.2, 0) is 19.1 Å². The van der Waals surface area contributed by atoms with E-state index in [1.807, 2.05) is 0 Å². The fourth-order valence-corrected chi connectivity index (χ4v) is 2.49. The third-order valence-electron chi connectivity index (χ3n) is 3.64. The van der Waals surface area contributed by atoms with Crippen molar-refractivity contribution in [1.82, 2.24) is 14.7 Å². The zero-order chi connectivity index (χ0) is 16.3. The van der Waals surface area contributed by atoms with E-state index in [1.54, 1.807) is 0 Å². The van der Waals surface area contributed by atoms with Crippen LogP contribution in [0, 0.1) is 0 Å². The first-order valence-electron chi connectivity index (χ1n) is 6.29. The second-order valence-corrected chi connectivity index (χ2v) is 5.00. The second-order valence-electron chi connectivity index (χ2n) is 5.00. The molecule has 0 saturated carbocycles. The highest BCUT2D eigenvalue weighted by atomic mass is 19.4. The van der Waals surface area contributed by atoms with Gasteiger partial charge in [0.15, 0.2) is 11.5 Å². The normalized spacial score (nSPS) is 16.3. The van der Waals surface area contributed by atoms with Gasteiger partial charge in [-0.1, -0.05) is 5.16 Å². The molecule has 0 amide bonds. The van der Waals surface area contributed by atoms with Crippen LogP contribution in [0.15, 0.2) is 10.7 Å². The lowest BCUT2D eigenvalue weighted by Gasteiger charge is -2.20. The van der Waals surface area contributed by atoms with Gasteiger partial charge in [-0.3, -0.25) is 0 Å². The van der Waals surface area contributed by atoms with E-state index in [0.29, 0.717) is 0 Å². The zero-order valence-corrected chi connectivity index (χ0v) is 11.1. The molecule has 3 rings (SSSR count). The van der Waals surface area contributed by atoms with Crippen LogP contribution in [0.5, 0.6) is 0 Å². The summed E-state index contributed by atoms with van der Waals surface area (Å²) in [4.78, 5) is 3.71. The number of nitrogens with zero attached hydrogens (tertiary/aromatic N) is 3. The summed E-state index contributed by atoms with van der Waals surface area (Å²) in [5, 5.41) is 3.01. The van der Waals surface area contributed by atoms with Gasteiger partial charge in [-0.25, -0.2) is 4.98 Å². The highest BCUT2D eigenvalue weighted by Crippen LogP contribution is 2.41. The smallest absolute Gasteiger partial charge is 0.354 e. The summed E-state index contributed by atoms with van der Waals surface area (Å²) in [6.45, 7) is 0.912. The molecule has 0 N–H and O–H groups in total. The van der Waals surface area contributed by atoms with Gasteiger partial charge in [0.05, 0.1) is 6.20 Å². The minimum atomic E-state index is -4.67. The number of fused-ring (bicyclic) bond motifs is 3. The SMILES string of the molecule is C[C@H](c1ncc2n1CCc1c(C(F)(F)F)noc1-2)C(F)(F)F. The average Bonchev–Trinajstić information content (AvgIpc) is 2.98. The number of alkyl halides is 6. The number of hydrogen-bond donors (Lipinski definition) is 0. The van der Waals surface area contributed by atoms with Crippen molar-refractivity contribution in [2.24, 2.45) is 0 Å². The van der Waals surface area contributed by atoms with E-state index < -0.39 is 24.0 Å². The van der Waals surface area contributed by atoms with E-state index in [0.717, 1.165) is 13.1 Å². The molecule has 4 nitrogen and oxygen atoms in total. The molecule has 10 heteroatoms. The highest BCUT2D eigenvalue weighted by Gasteiger charge is 2.44. The molecule has 0 fully saturated rings. The Morgan fingerprint density at radius 2 is 1.91 bits per heavy atom. The molecular formula is C12H9F6N3O. The van der Waals surface area contributed by atoms with E-state index in [-0.39, 0.29) is 35.8 Å². The molecule has 2 aromatic rings. The summed E-state index contributed by atoms with van der Waals surface area (Å²) in [5.41, 5.74) is -1.21. The fourth-order valence-electron chi connectivity index (χ4n) is 2.49. The Morgan fingerprint density at radius 1 is 1.23 bits per heavy atom. The first-order valence-corrected chi connectivity index (χ1v) is 6.29. The monoisotopic (exact) mass is 325 g/mol. The third kappa shape index (κ3) is 2.17. The first-order chi connectivity index (χ1) is 10.1. The predicted octanol–water partition coefficient (Wildman–Crippen LogP) is 3.78. The van der Waals surface area contributed by atoms with Crippen LogP contribution in [0.25, 0.3) is 11.5 Å². The van der Waals surface area contributed by atoms with Gasteiger partial charge in [-0.05, 0) is 13.3 Å². The minimum absolute atomic E-state index is 0.0393. The van der Waals surface area contributed by atoms with Crippen molar-refractivity contribution in [2.75, 3.05) is 0 Å². The quantitative estimate of drug-likeness (QED) is 0.750. The van der Waals surface area contributed by atoms with Crippen molar-refractivity contribution in [3.8, 4) is 11.5 Å². The third-order valence-corrected chi connectivity index (χ3v) is 3.64. The summed E-state index contributed by atoms with van der Waals surface area (Å²) < 4.78 is 82.7. The van der Waals surface area contributed by atoms with E-state index in [9.17, 15) is 26.3 Å². The predicted molar refractivity (Wildman–Crippen MR) is 60.9 cm³/mol. The first kappa shape index (κ1) is 14.9. The van der Waals surface area contributed by atoms with Gasteiger partial charge in [-0.15, -0.1) is 0 Å². The van der Waals surface area contributed by atoms with Gasteiger partial charge in [0.1, 0.15) is 17.4 Å². The molecule has 22 heavy (non-hydrogen) atoms. The summed E-state index contributed by atoms with van der Waals surface area (Å²) >= 11 is 0. The molecule has 1 aliphatic heterocycles. The topological polar surface area (TPSA) is 43.9 Å². The summed E-state index contributed by atoms with van der Waals surface area (Å²) in [6, 6.07) is 0. The molecule has 3 heterocycles. The molecule has 0 aliphatic carbocycles. The lowest BCUT2D eigenvalue weighted by atomic mass is 10.0. The number of imidazole rings is 1. The molecule has 1 atom stereocenters. The molecule has 0 bridgehead atoms. The molecule has 0 aromatic carbocycles. The average molecular weight is 325 g/mol. The van der Waals surface area contributed by atoms with Gasteiger partial charge in [0.2, 0.25) is 0 Å². The number of rotatable bonds is 1. The Morgan fingerprint density at radius 3 is 2.50 bits per heavy atom. The van der Waals surface area contributed by atoms with Crippen LogP contribution in [0.1, 0.15) is 29.9 Å². The molecule has 2 aromatic heterocycles. The Labute approximate surface area is 119 Å². The summed E-state index contributed by atoms with van der Waals surface area (Å²) in [7, 11) is 0. The second kappa shape index (κ2) is 4.50. The lowest BCUT2D eigenvalue weighted by molar-refractivity contribution is -0.148. The molecule has 0 saturated heterocycles. The zero-order valence-electron chi connectivity index (χ0n) is 11.1. The van der Waals surface area contributed by atoms with Gasteiger partial charge in [0.25, 0.3) is 0 Å². The molecular weight excluding hydrogens is 316 g/mol. The Bertz CT molecular complexity index is 711. The van der Waals surface area contributed by atoms with E-state index in [2.05, 4.69) is 10.1 Å². The fraction of sp³-hybridized carbons (Fsp3) is 0.500. The van der Waals surface area contributed by atoms with Crippen molar-refractivity contribution in [3.63, 3.8) is 0 Å². The van der Waals surface area contributed by atoms with Crippen LogP contribution >= 0.6 is 0 Å². The lowest BCUT2D eigenvalue weighted by Crippen LogP contribution is -2.23. The molecule has 0 unspecified atom stereocenters. The van der Waals surface area contributed by atoms with Gasteiger partial charge >= 0.3 is 12.4 Å². The van der Waals surface area contributed by atoms with E-state index >= 15 is 0 Å². The van der Waals surface area contributed by atoms with E-state index in [4.69, 9.17) is 4.52 Å². The maximum absolute atomic E-state index is 12.8. The number of halogens is 6. The minimum Gasteiger partial charge on any atom is -0.354 e. The maximum atomic E-state index is 12.8. The van der Waals surface area contributed by atoms with Crippen LogP contribution in [0.2, 0.25) is 0 Å². The standard InChI is InChI=1S/C12H9F6N3O/c1-5(11(13,14)15)10-19-4-7-8-6(2-3-21(7)10)9(20-22-8)12(16,17)18/h4-5H,2-3H2,1H3/t5-/m1/s1. The number of aromatic nitrogens is 3. The number of hydrogen-bond acceptors (Lipinski definition) is 3. The molecule has 0 spiro atoms. The molecule has 0 radical (unpaired) electrons.